The molecule has 0 radical (unpaired) electrons. The molecule has 1 amide bonds. The summed E-state index contributed by atoms with van der Waals surface area (Å²) in [6.07, 6.45) is 0. The zero-order valence-corrected chi connectivity index (χ0v) is 17.2. The van der Waals surface area contributed by atoms with Gasteiger partial charge in [0.15, 0.2) is 0 Å². The average Bonchev–Trinajstić information content (AvgIpc) is 3.33. The summed E-state index contributed by atoms with van der Waals surface area (Å²) in [6.45, 7) is 0. The van der Waals surface area contributed by atoms with Gasteiger partial charge in [-0.3, -0.25) is 14.5 Å². The average molecular weight is 446 g/mol. The first kappa shape index (κ1) is 19.8. The normalized spacial score (nSPS) is 17.9. The van der Waals surface area contributed by atoms with E-state index < -0.39 is 17.7 Å². The number of Topliss-reactive ketones (excluding diaryl/α,β-unsaturated/α-hetero) is 1. The number of imidazole rings is 1. The molecule has 158 valence electrons. The molecule has 8 heteroatoms. The Morgan fingerprint density at radius 2 is 1.66 bits per heavy atom. The molecular formula is C24H16ClN3O4. The second-order valence-electron chi connectivity index (χ2n) is 7.35. The topological polar surface area (TPSA) is 107 Å². The number of aliphatic hydroxyl groups is 1. The molecule has 7 nitrogen and oxygen atoms in total. The minimum Gasteiger partial charge on any atom is -0.508 e. The molecule has 0 aliphatic carbocycles. The van der Waals surface area contributed by atoms with Crippen LogP contribution in [0, 0.1) is 0 Å². The number of carbonyl (C=O) groups excluding carboxylic acids is 2. The minimum atomic E-state index is -0.952. The van der Waals surface area contributed by atoms with Crippen molar-refractivity contribution in [1.82, 2.24) is 9.97 Å². The van der Waals surface area contributed by atoms with Crippen LogP contribution in [0.4, 0.5) is 5.95 Å². The van der Waals surface area contributed by atoms with Gasteiger partial charge in [-0.25, -0.2) is 4.98 Å². The molecule has 5 rings (SSSR count). The monoisotopic (exact) mass is 445 g/mol. The zero-order chi connectivity index (χ0) is 22.4. The predicted molar refractivity (Wildman–Crippen MR) is 120 cm³/mol. The molecule has 1 fully saturated rings. The summed E-state index contributed by atoms with van der Waals surface area (Å²) in [5.74, 6) is -1.76. The highest BCUT2D eigenvalue weighted by Crippen LogP contribution is 2.42. The molecule has 1 aliphatic heterocycles. The SMILES string of the molecule is O=C1C(=O)N(c2nc3ccccc3[nH]2)C(c2ccc(O)cc2)/C1=C(\O)c1ccc(Cl)cc1. The predicted octanol–water partition coefficient (Wildman–Crippen LogP) is 4.55. The second kappa shape index (κ2) is 7.55. The van der Waals surface area contributed by atoms with Crippen LogP contribution >= 0.6 is 11.6 Å². The van der Waals surface area contributed by atoms with Crippen LogP contribution in [0.2, 0.25) is 5.02 Å². The number of nitrogens with one attached hydrogen (secondary N) is 1. The molecule has 1 unspecified atom stereocenters. The summed E-state index contributed by atoms with van der Waals surface area (Å²) in [5.41, 5.74) is 2.13. The van der Waals surface area contributed by atoms with Crippen LogP contribution in [0.25, 0.3) is 16.8 Å². The van der Waals surface area contributed by atoms with E-state index in [2.05, 4.69) is 9.97 Å². The lowest BCUT2D eigenvalue weighted by Crippen LogP contribution is -2.30. The number of amides is 1. The Morgan fingerprint density at radius 3 is 2.34 bits per heavy atom. The van der Waals surface area contributed by atoms with Crippen molar-refractivity contribution in [3.05, 3.63) is 94.5 Å². The molecule has 2 heterocycles. The van der Waals surface area contributed by atoms with Gasteiger partial charge in [-0.2, -0.15) is 0 Å². The second-order valence-corrected chi connectivity index (χ2v) is 7.78. The van der Waals surface area contributed by atoms with Gasteiger partial charge in [0.1, 0.15) is 11.5 Å². The molecule has 1 atom stereocenters. The van der Waals surface area contributed by atoms with Gasteiger partial charge in [-0.05, 0) is 54.1 Å². The molecule has 0 spiro atoms. The highest BCUT2D eigenvalue weighted by molar-refractivity contribution is 6.51. The van der Waals surface area contributed by atoms with Gasteiger partial charge < -0.3 is 15.2 Å². The van der Waals surface area contributed by atoms with Crippen LogP contribution in [-0.2, 0) is 9.59 Å². The Kier molecular flexibility index (Phi) is 4.68. The number of aromatic hydroxyl groups is 1. The van der Waals surface area contributed by atoms with Gasteiger partial charge >= 0.3 is 5.91 Å². The molecular weight excluding hydrogens is 430 g/mol. The fourth-order valence-corrected chi connectivity index (χ4v) is 3.97. The van der Waals surface area contributed by atoms with Crippen LogP contribution in [-0.4, -0.2) is 31.9 Å². The van der Waals surface area contributed by atoms with Crippen LogP contribution in [0.5, 0.6) is 5.75 Å². The third kappa shape index (κ3) is 3.19. The first-order valence-electron chi connectivity index (χ1n) is 9.74. The highest BCUT2D eigenvalue weighted by atomic mass is 35.5. The third-order valence-corrected chi connectivity index (χ3v) is 5.63. The molecule has 3 N–H and O–H groups in total. The van der Waals surface area contributed by atoms with Crippen LogP contribution in [0.1, 0.15) is 17.2 Å². The number of phenols is 1. The number of halogens is 1. The van der Waals surface area contributed by atoms with Gasteiger partial charge in [-0.15, -0.1) is 0 Å². The minimum absolute atomic E-state index is 0.0344. The summed E-state index contributed by atoms with van der Waals surface area (Å²) in [4.78, 5) is 35.0. The largest absolute Gasteiger partial charge is 0.508 e. The van der Waals surface area contributed by atoms with E-state index in [1.165, 1.54) is 17.0 Å². The molecule has 1 saturated heterocycles. The van der Waals surface area contributed by atoms with Crippen LogP contribution in [0.15, 0.2) is 78.4 Å². The molecule has 0 saturated carbocycles. The van der Waals surface area contributed by atoms with Crippen LogP contribution in [0.3, 0.4) is 0 Å². The lowest BCUT2D eigenvalue weighted by molar-refractivity contribution is -0.132. The maximum atomic E-state index is 13.1. The van der Waals surface area contributed by atoms with Crippen molar-refractivity contribution in [2.75, 3.05) is 4.90 Å². The Balaban J connectivity index is 1.73. The van der Waals surface area contributed by atoms with Crippen molar-refractivity contribution < 1.29 is 19.8 Å². The number of hydrogen-bond acceptors (Lipinski definition) is 5. The number of benzene rings is 3. The number of ketones is 1. The number of fused-ring (bicyclic) bond motifs is 1. The molecule has 1 aliphatic rings. The standard InChI is InChI=1S/C24H16ClN3O4/c25-15-9-5-14(6-10-15)21(30)19-20(13-7-11-16(29)12-8-13)28(23(32)22(19)31)24-26-17-3-1-2-4-18(17)27-24/h1-12,20,29-30H,(H,26,27)/b21-19+. The van der Waals surface area contributed by atoms with E-state index in [9.17, 15) is 19.8 Å². The van der Waals surface area contributed by atoms with E-state index in [1.54, 1.807) is 42.5 Å². The first-order chi connectivity index (χ1) is 15.4. The summed E-state index contributed by atoms with van der Waals surface area (Å²) >= 11 is 5.95. The van der Waals surface area contributed by atoms with Gasteiger partial charge in [0.2, 0.25) is 5.95 Å². The van der Waals surface area contributed by atoms with E-state index in [0.717, 1.165) is 0 Å². The van der Waals surface area contributed by atoms with E-state index >= 15 is 0 Å². The summed E-state index contributed by atoms with van der Waals surface area (Å²) in [5, 5.41) is 21.2. The summed E-state index contributed by atoms with van der Waals surface area (Å²) in [6, 6.07) is 18.7. The van der Waals surface area contributed by atoms with E-state index in [0.29, 0.717) is 27.2 Å². The van der Waals surface area contributed by atoms with E-state index in [-0.39, 0.29) is 23.0 Å². The van der Waals surface area contributed by atoms with Crippen molar-refractivity contribution >= 4 is 46.0 Å². The lowest BCUT2D eigenvalue weighted by atomic mass is 9.95. The Hall–Kier alpha value is -4.10. The van der Waals surface area contributed by atoms with Gasteiger partial charge in [0.25, 0.3) is 5.78 Å². The molecule has 0 bridgehead atoms. The summed E-state index contributed by atoms with van der Waals surface area (Å²) < 4.78 is 0. The number of nitrogens with zero attached hydrogens (tertiary/aromatic N) is 2. The van der Waals surface area contributed by atoms with Crippen LogP contribution < -0.4 is 4.90 Å². The Bertz CT molecular complexity index is 1360. The van der Waals surface area contributed by atoms with Crippen molar-refractivity contribution in [3.8, 4) is 5.75 Å². The lowest BCUT2D eigenvalue weighted by Gasteiger charge is -2.23. The number of aromatic amines is 1. The Morgan fingerprint density at radius 1 is 0.969 bits per heavy atom. The quantitative estimate of drug-likeness (QED) is 0.244. The van der Waals surface area contributed by atoms with E-state index in [1.807, 2.05) is 18.2 Å². The number of H-pyrrole nitrogens is 1. The first-order valence-corrected chi connectivity index (χ1v) is 10.1. The highest BCUT2D eigenvalue weighted by Gasteiger charge is 2.48. The smallest absolute Gasteiger partial charge is 0.302 e. The van der Waals surface area contributed by atoms with E-state index in [4.69, 9.17) is 11.6 Å². The number of hydrogen-bond donors (Lipinski definition) is 3. The molecule has 32 heavy (non-hydrogen) atoms. The van der Waals surface area contributed by atoms with Gasteiger partial charge in [0.05, 0.1) is 22.6 Å². The van der Waals surface area contributed by atoms with Gasteiger partial charge in [-0.1, -0.05) is 35.9 Å². The molecule has 1 aromatic heterocycles. The summed E-state index contributed by atoms with van der Waals surface area (Å²) in [7, 11) is 0. The van der Waals surface area contributed by atoms with Crippen molar-refractivity contribution in [3.63, 3.8) is 0 Å². The third-order valence-electron chi connectivity index (χ3n) is 5.38. The number of rotatable bonds is 3. The number of carbonyl (C=O) groups is 2. The Labute approximate surface area is 187 Å². The zero-order valence-electron chi connectivity index (χ0n) is 16.5. The number of anilines is 1. The molecule has 4 aromatic rings. The maximum absolute atomic E-state index is 13.1. The van der Waals surface area contributed by atoms with Gasteiger partial charge in [0, 0.05) is 10.6 Å². The van der Waals surface area contributed by atoms with Crippen molar-refractivity contribution in [2.24, 2.45) is 0 Å². The maximum Gasteiger partial charge on any atom is 0.302 e. The number of phenolic OH excluding ortho intramolecular Hbond substituents is 1. The number of para-hydroxylation sites is 2. The van der Waals surface area contributed by atoms with Crippen molar-refractivity contribution in [2.45, 2.75) is 6.04 Å². The number of aliphatic hydroxyl groups excluding tert-OH is 1. The van der Waals surface area contributed by atoms with Crippen molar-refractivity contribution in [1.29, 1.82) is 0 Å². The fourth-order valence-electron chi connectivity index (χ4n) is 3.84. The molecule has 3 aromatic carbocycles. The number of aromatic nitrogens is 2. The fraction of sp³-hybridized carbons (Fsp3) is 0.0417.